The number of aromatic nitrogens is 1. The highest BCUT2D eigenvalue weighted by atomic mass is 32.1. The lowest BCUT2D eigenvalue weighted by Crippen LogP contribution is -2.58. The average molecular weight is 600 g/mol. The normalized spacial score (nSPS) is 20.4. The number of β-amino-alcohol motifs (C(OH)–C–C–N with tert-alkyl or cyclic N) is 1. The van der Waals surface area contributed by atoms with Gasteiger partial charge in [-0.1, -0.05) is 45.0 Å². The molecule has 0 radical (unpaired) electrons. The van der Waals surface area contributed by atoms with E-state index in [9.17, 15) is 19.5 Å². The van der Waals surface area contributed by atoms with Crippen LogP contribution in [0.1, 0.15) is 57.7 Å². The number of carbonyl (C=O) groups excluding carboxylic acids is 3. The number of aryl methyl sites for hydroxylation is 1. The summed E-state index contributed by atoms with van der Waals surface area (Å²) in [6.07, 6.45) is 2.47. The van der Waals surface area contributed by atoms with Crippen molar-refractivity contribution in [2.45, 2.75) is 78.1 Å². The molecule has 1 aromatic carbocycles. The summed E-state index contributed by atoms with van der Waals surface area (Å²) in [6, 6.07) is 6.23. The molecule has 4 rings (SSSR count). The largest absolute Gasteiger partial charge is 0.391 e. The van der Waals surface area contributed by atoms with Crippen LogP contribution < -0.4 is 16.0 Å². The minimum absolute atomic E-state index is 0.0367. The lowest BCUT2D eigenvalue weighted by Gasteiger charge is -2.35. The maximum atomic E-state index is 13.7. The van der Waals surface area contributed by atoms with Gasteiger partial charge in [-0.15, -0.1) is 11.3 Å². The molecule has 3 atom stereocenters. The Morgan fingerprint density at radius 1 is 1.19 bits per heavy atom. The summed E-state index contributed by atoms with van der Waals surface area (Å²) >= 11 is 1.59. The quantitative estimate of drug-likeness (QED) is 0.292. The van der Waals surface area contributed by atoms with E-state index in [1.54, 1.807) is 11.3 Å². The van der Waals surface area contributed by atoms with E-state index in [0.717, 1.165) is 54.0 Å². The summed E-state index contributed by atoms with van der Waals surface area (Å²) in [7, 11) is 0. The highest BCUT2D eigenvalue weighted by Gasteiger charge is 2.44. The van der Waals surface area contributed by atoms with Gasteiger partial charge in [0.1, 0.15) is 18.7 Å². The second kappa shape index (κ2) is 14.5. The third-order valence-electron chi connectivity index (χ3n) is 8.07. The fourth-order valence-corrected chi connectivity index (χ4v) is 6.38. The van der Waals surface area contributed by atoms with Gasteiger partial charge in [0.25, 0.3) is 0 Å². The van der Waals surface area contributed by atoms with Crippen molar-refractivity contribution in [2.75, 3.05) is 32.8 Å². The number of aliphatic hydroxyl groups excluding tert-OH is 1. The van der Waals surface area contributed by atoms with Crippen LogP contribution in [0.2, 0.25) is 0 Å². The number of ether oxygens (including phenoxy) is 1. The van der Waals surface area contributed by atoms with Crippen molar-refractivity contribution >= 4 is 29.1 Å². The molecule has 2 aromatic rings. The Bertz CT molecular complexity index is 1210. The second-order valence-corrected chi connectivity index (χ2v) is 13.3. The molecule has 3 heterocycles. The van der Waals surface area contributed by atoms with Crippen molar-refractivity contribution in [3.8, 4) is 10.4 Å². The number of rotatable bonds is 11. The van der Waals surface area contributed by atoms with Crippen molar-refractivity contribution in [1.82, 2.24) is 25.8 Å². The van der Waals surface area contributed by atoms with Gasteiger partial charge < -0.3 is 30.7 Å². The summed E-state index contributed by atoms with van der Waals surface area (Å²) in [5.41, 5.74) is 4.18. The van der Waals surface area contributed by atoms with Gasteiger partial charge in [0.05, 0.1) is 22.2 Å². The van der Waals surface area contributed by atoms with Crippen LogP contribution >= 0.6 is 11.3 Å². The highest BCUT2D eigenvalue weighted by Crippen LogP contribution is 2.28. The molecule has 10 nitrogen and oxygen atoms in total. The summed E-state index contributed by atoms with van der Waals surface area (Å²) in [4.78, 5) is 46.6. The number of carbonyl (C=O) groups is 3. The minimum atomic E-state index is -0.874. The van der Waals surface area contributed by atoms with Crippen molar-refractivity contribution in [3.05, 3.63) is 41.0 Å². The molecule has 230 valence electrons. The molecule has 0 unspecified atom stereocenters. The molecule has 11 heteroatoms. The molecule has 42 heavy (non-hydrogen) atoms. The first-order valence-corrected chi connectivity index (χ1v) is 15.7. The van der Waals surface area contributed by atoms with Crippen LogP contribution in [0.25, 0.3) is 10.4 Å². The van der Waals surface area contributed by atoms with Crippen molar-refractivity contribution < 1.29 is 24.2 Å². The predicted molar refractivity (Wildman–Crippen MR) is 163 cm³/mol. The van der Waals surface area contributed by atoms with Gasteiger partial charge in [-0.05, 0) is 61.7 Å². The predicted octanol–water partition coefficient (Wildman–Crippen LogP) is 2.63. The molecule has 0 aliphatic carbocycles. The van der Waals surface area contributed by atoms with Crippen molar-refractivity contribution in [2.24, 2.45) is 11.3 Å². The van der Waals surface area contributed by atoms with Crippen LogP contribution in [-0.2, 0) is 25.7 Å². The van der Waals surface area contributed by atoms with E-state index < -0.39 is 23.6 Å². The highest BCUT2D eigenvalue weighted by molar-refractivity contribution is 7.13. The Morgan fingerprint density at radius 2 is 1.90 bits per heavy atom. The van der Waals surface area contributed by atoms with Crippen LogP contribution in [0.5, 0.6) is 0 Å². The van der Waals surface area contributed by atoms with Crippen LogP contribution in [0.15, 0.2) is 29.8 Å². The molecule has 0 saturated carbocycles. The molecule has 2 fully saturated rings. The Labute approximate surface area is 252 Å². The fraction of sp³-hybridized carbons (Fsp3) is 0.613. The number of benzene rings is 1. The number of thiazole rings is 1. The Hall–Kier alpha value is -2.86. The van der Waals surface area contributed by atoms with E-state index in [0.29, 0.717) is 19.1 Å². The number of hydrogen-bond acceptors (Lipinski definition) is 8. The zero-order valence-corrected chi connectivity index (χ0v) is 26.0. The van der Waals surface area contributed by atoms with Crippen LogP contribution in [-0.4, -0.2) is 83.7 Å². The molecule has 1 aromatic heterocycles. The van der Waals surface area contributed by atoms with E-state index in [1.807, 2.05) is 57.5 Å². The lowest BCUT2D eigenvalue weighted by atomic mass is 9.85. The number of amides is 3. The molecule has 2 aliphatic heterocycles. The molecular formula is C31H45N5O5S. The first-order chi connectivity index (χ1) is 20.0. The van der Waals surface area contributed by atoms with Gasteiger partial charge in [0.2, 0.25) is 17.7 Å². The van der Waals surface area contributed by atoms with Gasteiger partial charge in [-0.25, -0.2) is 4.98 Å². The minimum Gasteiger partial charge on any atom is -0.391 e. The van der Waals surface area contributed by atoms with E-state index >= 15 is 0 Å². The monoisotopic (exact) mass is 599 g/mol. The molecule has 0 spiro atoms. The van der Waals surface area contributed by atoms with E-state index in [1.165, 1.54) is 4.90 Å². The topological polar surface area (TPSA) is 133 Å². The molecule has 2 saturated heterocycles. The van der Waals surface area contributed by atoms with Gasteiger partial charge in [-0.3, -0.25) is 14.4 Å². The van der Waals surface area contributed by atoms with Crippen molar-refractivity contribution in [3.63, 3.8) is 0 Å². The van der Waals surface area contributed by atoms with Crippen LogP contribution in [0.4, 0.5) is 0 Å². The number of nitrogens with zero attached hydrogens (tertiary/aromatic N) is 2. The smallest absolute Gasteiger partial charge is 0.246 e. The number of likely N-dealkylation sites (tertiary alicyclic amines) is 1. The zero-order chi connectivity index (χ0) is 30.3. The Morgan fingerprint density at radius 3 is 2.55 bits per heavy atom. The number of nitrogens with one attached hydrogen (secondary N) is 3. The third-order valence-corrected chi connectivity index (χ3v) is 9.05. The maximum absolute atomic E-state index is 13.7. The number of hydrogen-bond donors (Lipinski definition) is 4. The van der Waals surface area contributed by atoms with Crippen molar-refractivity contribution in [1.29, 1.82) is 0 Å². The molecule has 2 aliphatic rings. The third kappa shape index (κ3) is 8.59. The summed E-state index contributed by atoms with van der Waals surface area (Å²) in [5, 5.41) is 19.5. The van der Waals surface area contributed by atoms with Gasteiger partial charge in [0, 0.05) is 26.1 Å². The summed E-state index contributed by atoms with van der Waals surface area (Å²) < 4.78 is 5.64. The molecule has 3 amide bonds. The van der Waals surface area contributed by atoms with Gasteiger partial charge in [-0.2, -0.15) is 0 Å². The number of aliphatic hydroxyl groups is 1. The van der Waals surface area contributed by atoms with Gasteiger partial charge in [0.15, 0.2) is 0 Å². The van der Waals surface area contributed by atoms with Crippen LogP contribution in [0, 0.1) is 18.3 Å². The summed E-state index contributed by atoms with van der Waals surface area (Å²) in [5.74, 6) is -0.476. The maximum Gasteiger partial charge on any atom is 0.246 e. The SMILES string of the molecule is Cc1ncsc1-c1ccc(CNC(=O)[C@@H]2C[C@@H](O)CN2C(=O)[C@@H](NC(=O)COCCC2CCNCC2)C(C)(C)C)cc1. The van der Waals surface area contributed by atoms with Gasteiger partial charge >= 0.3 is 0 Å². The molecule has 4 N–H and O–H groups in total. The zero-order valence-electron chi connectivity index (χ0n) is 25.2. The molecule has 0 bridgehead atoms. The average Bonchev–Trinajstić information content (AvgIpc) is 3.58. The van der Waals surface area contributed by atoms with E-state index in [4.69, 9.17) is 4.74 Å². The van der Waals surface area contributed by atoms with Crippen LogP contribution in [0.3, 0.4) is 0 Å². The molecular weight excluding hydrogens is 554 g/mol. The Kier molecular flexibility index (Phi) is 11.1. The fourth-order valence-electron chi connectivity index (χ4n) is 5.57. The second-order valence-electron chi connectivity index (χ2n) is 12.5. The van der Waals surface area contributed by atoms with E-state index in [-0.39, 0.29) is 37.3 Å². The first-order valence-electron chi connectivity index (χ1n) is 14.9. The standard InChI is InChI=1S/C31H45N5O5S/c1-20-27(42-19-34-20)23-7-5-22(6-8-23)16-33-29(39)25-15-24(37)17-36(25)30(40)28(31(2,3)4)35-26(38)18-41-14-11-21-9-12-32-13-10-21/h5-8,19,21,24-25,28,32,37H,9-18H2,1-4H3,(H,33,39)(H,35,38)/t24-,25+,28-/m1/s1. The first kappa shape index (κ1) is 32.1. The van der Waals surface area contributed by atoms with E-state index in [2.05, 4.69) is 20.9 Å². The number of piperidine rings is 1. The Balaban J connectivity index is 1.31. The lowest BCUT2D eigenvalue weighted by molar-refractivity contribution is -0.144. The summed E-state index contributed by atoms with van der Waals surface area (Å²) in [6.45, 7) is 10.3.